The van der Waals surface area contributed by atoms with Crippen molar-refractivity contribution in [1.29, 1.82) is 0 Å². The van der Waals surface area contributed by atoms with Gasteiger partial charge in [0.1, 0.15) is 29.6 Å². The number of aliphatic hydroxyl groups excluding tert-OH is 1. The first-order valence-corrected chi connectivity index (χ1v) is 18.6. The van der Waals surface area contributed by atoms with E-state index in [0.717, 1.165) is 28.0 Å². The molecular weight excluding hydrogens is 737 g/mol. The van der Waals surface area contributed by atoms with Gasteiger partial charge in [0.25, 0.3) is 5.78 Å². The number of amides is 1. The summed E-state index contributed by atoms with van der Waals surface area (Å²) in [6.45, 7) is 2.40. The molecule has 1 atom stereocenters. The molecule has 0 spiro atoms. The molecule has 1 fully saturated rings. The van der Waals surface area contributed by atoms with E-state index in [4.69, 9.17) is 32.7 Å². The van der Waals surface area contributed by atoms with Gasteiger partial charge in [0, 0.05) is 21.4 Å². The molecule has 1 N–H and O–H groups in total. The number of hydrogen-bond donors (Lipinski definition) is 1. The molecule has 0 bridgehead atoms. The number of ether oxygens (including phenoxy) is 2. The summed E-state index contributed by atoms with van der Waals surface area (Å²) >= 11 is 15.0. The molecule has 1 aliphatic rings. The number of aromatic nitrogens is 2. The quantitative estimate of drug-likeness (QED) is 0.0457. The summed E-state index contributed by atoms with van der Waals surface area (Å²) in [5.41, 5.74) is 3.82. The van der Waals surface area contributed by atoms with Gasteiger partial charge in [-0.1, -0.05) is 107 Å². The lowest BCUT2D eigenvalue weighted by Gasteiger charge is -2.23. The molecule has 0 saturated carbocycles. The van der Waals surface area contributed by atoms with Crippen LogP contribution < -0.4 is 14.4 Å². The van der Waals surface area contributed by atoms with Gasteiger partial charge in [0.15, 0.2) is 4.34 Å². The number of halogens is 2. The molecule has 0 aliphatic carbocycles. The van der Waals surface area contributed by atoms with Crippen molar-refractivity contribution in [2.75, 3.05) is 4.90 Å². The van der Waals surface area contributed by atoms with Crippen LogP contribution >= 0.6 is 46.3 Å². The van der Waals surface area contributed by atoms with Gasteiger partial charge in [-0.2, -0.15) is 0 Å². The summed E-state index contributed by atoms with van der Waals surface area (Å²) in [6, 6.07) is 35.3. The van der Waals surface area contributed by atoms with Crippen molar-refractivity contribution in [3.8, 4) is 17.2 Å². The third-order valence-electron chi connectivity index (χ3n) is 8.35. The number of aryl methyl sites for hydroxylation is 1. The fourth-order valence-corrected chi connectivity index (χ4v) is 8.08. The van der Waals surface area contributed by atoms with Crippen LogP contribution in [0.4, 0.5) is 5.13 Å². The average molecular weight is 767 g/mol. The zero-order valence-corrected chi connectivity index (χ0v) is 30.7. The highest BCUT2D eigenvalue weighted by Crippen LogP contribution is 2.45. The van der Waals surface area contributed by atoms with Crippen molar-refractivity contribution in [2.45, 2.75) is 29.7 Å². The van der Waals surface area contributed by atoms with Gasteiger partial charge in [-0.3, -0.25) is 14.5 Å². The summed E-state index contributed by atoms with van der Waals surface area (Å²) in [4.78, 5) is 29.0. The number of nitrogens with zero attached hydrogens (tertiary/aromatic N) is 3. The van der Waals surface area contributed by atoms with Gasteiger partial charge in [0.2, 0.25) is 5.13 Å². The first-order valence-electron chi connectivity index (χ1n) is 16.1. The number of Topliss-reactive ketones (excluding diaryl/α,β-unsaturated/α-hetero) is 1. The molecule has 1 aromatic heterocycles. The maximum Gasteiger partial charge on any atom is 0.301 e. The average Bonchev–Trinajstić information content (AvgIpc) is 3.72. The Bertz CT molecular complexity index is 2300. The van der Waals surface area contributed by atoms with E-state index < -0.39 is 17.7 Å². The minimum Gasteiger partial charge on any atom is -0.507 e. The molecular formula is C40H29Cl2N3O5S2. The predicted molar refractivity (Wildman–Crippen MR) is 206 cm³/mol. The second kappa shape index (κ2) is 15.6. The second-order valence-corrected chi connectivity index (χ2v) is 14.8. The van der Waals surface area contributed by atoms with Gasteiger partial charge in [-0.25, -0.2) is 0 Å². The number of thioether (sulfide) groups is 1. The smallest absolute Gasteiger partial charge is 0.301 e. The zero-order valence-electron chi connectivity index (χ0n) is 27.5. The zero-order chi connectivity index (χ0) is 36.2. The summed E-state index contributed by atoms with van der Waals surface area (Å²) in [5, 5.41) is 21.6. The van der Waals surface area contributed by atoms with Gasteiger partial charge in [-0.15, -0.1) is 10.2 Å². The van der Waals surface area contributed by atoms with Crippen molar-refractivity contribution < 1.29 is 24.2 Å². The molecule has 5 aromatic carbocycles. The third-order valence-corrected chi connectivity index (χ3v) is 11.0. The Balaban J connectivity index is 1.22. The summed E-state index contributed by atoms with van der Waals surface area (Å²) in [5.74, 6) is 0.143. The maximum atomic E-state index is 13.9. The molecule has 6 aromatic rings. The Kier molecular flexibility index (Phi) is 10.6. The van der Waals surface area contributed by atoms with Crippen LogP contribution in [0.25, 0.3) is 5.76 Å². The highest BCUT2D eigenvalue weighted by atomic mass is 35.5. The van der Waals surface area contributed by atoms with E-state index in [1.165, 1.54) is 16.7 Å². The molecule has 12 heteroatoms. The first kappa shape index (κ1) is 35.3. The molecule has 260 valence electrons. The van der Waals surface area contributed by atoms with Crippen LogP contribution in [0.3, 0.4) is 0 Å². The van der Waals surface area contributed by atoms with Crippen LogP contribution in [-0.2, 0) is 21.9 Å². The molecule has 1 saturated heterocycles. The van der Waals surface area contributed by atoms with E-state index in [9.17, 15) is 14.7 Å². The molecule has 1 amide bonds. The van der Waals surface area contributed by atoms with Crippen molar-refractivity contribution in [3.05, 3.63) is 165 Å². The summed E-state index contributed by atoms with van der Waals surface area (Å²) in [6.07, 6.45) is 0. The lowest BCUT2D eigenvalue weighted by atomic mass is 9.95. The van der Waals surface area contributed by atoms with Gasteiger partial charge < -0.3 is 14.6 Å². The summed E-state index contributed by atoms with van der Waals surface area (Å²) in [7, 11) is 0. The Labute approximate surface area is 318 Å². The molecule has 0 radical (unpaired) electrons. The molecule has 7 rings (SSSR count). The normalized spacial score (nSPS) is 15.2. The number of aliphatic hydroxyl groups is 1. The monoisotopic (exact) mass is 765 g/mol. The van der Waals surface area contributed by atoms with Gasteiger partial charge >= 0.3 is 5.91 Å². The number of rotatable bonds is 11. The topological polar surface area (TPSA) is 102 Å². The van der Waals surface area contributed by atoms with E-state index in [1.807, 2.05) is 67.6 Å². The van der Waals surface area contributed by atoms with E-state index >= 15 is 0 Å². The second-order valence-electron chi connectivity index (χ2n) is 11.8. The number of ketones is 1. The number of carbonyl (C=O) groups excluding carboxylic acids is 2. The Morgan fingerprint density at radius 2 is 1.58 bits per heavy atom. The number of benzene rings is 5. The lowest BCUT2D eigenvalue weighted by Crippen LogP contribution is -2.29. The molecule has 2 heterocycles. The van der Waals surface area contributed by atoms with E-state index in [0.29, 0.717) is 55.1 Å². The molecule has 8 nitrogen and oxygen atoms in total. The van der Waals surface area contributed by atoms with E-state index in [1.54, 1.807) is 60.7 Å². The first-order chi connectivity index (χ1) is 25.2. The third kappa shape index (κ3) is 7.70. The van der Waals surface area contributed by atoms with Crippen molar-refractivity contribution >= 4 is 68.9 Å². The molecule has 1 unspecified atom stereocenters. The van der Waals surface area contributed by atoms with Gasteiger partial charge in [0.05, 0.1) is 11.6 Å². The Hall–Kier alpha value is -5.13. The van der Waals surface area contributed by atoms with E-state index in [-0.39, 0.29) is 16.5 Å². The van der Waals surface area contributed by atoms with Crippen molar-refractivity contribution in [2.24, 2.45) is 0 Å². The van der Waals surface area contributed by atoms with Crippen LogP contribution in [0.1, 0.15) is 33.9 Å². The SMILES string of the molecule is Cc1ccccc1COc1ccc(C(O)=C2C(=O)C(=O)N(c3nnc(SCc4ccc(Cl)cc4Cl)s3)C2c2cccc(Oc3ccccc3)c2)cc1. The fourth-order valence-electron chi connectivity index (χ4n) is 5.65. The van der Waals surface area contributed by atoms with Crippen LogP contribution in [0, 0.1) is 6.92 Å². The predicted octanol–water partition coefficient (Wildman–Crippen LogP) is 10.4. The number of anilines is 1. The van der Waals surface area contributed by atoms with Gasteiger partial charge in [-0.05, 0) is 89.8 Å². The number of para-hydroxylation sites is 1. The minimum absolute atomic E-state index is 0.0900. The van der Waals surface area contributed by atoms with E-state index in [2.05, 4.69) is 10.2 Å². The van der Waals surface area contributed by atoms with Crippen LogP contribution in [-0.4, -0.2) is 27.0 Å². The lowest BCUT2D eigenvalue weighted by molar-refractivity contribution is -0.132. The van der Waals surface area contributed by atoms with Crippen molar-refractivity contribution in [1.82, 2.24) is 10.2 Å². The maximum absolute atomic E-state index is 13.9. The molecule has 52 heavy (non-hydrogen) atoms. The number of hydrogen-bond acceptors (Lipinski definition) is 9. The highest BCUT2D eigenvalue weighted by Gasteiger charge is 2.48. The Morgan fingerprint density at radius 3 is 2.35 bits per heavy atom. The summed E-state index contributed by atoms with van der Waals surface area (Å²) < 4.78 is 12.6. The molecule has 1 aliphatic heterocycles. The number of carbonyl (C=O) groups is 2. The van der Waals surface area contributed by atoms with Crippen LogP contribution in [0.2, 0.25) is 10.0 Å². The fraction of sp³-hybridized carbons (Fsp3) is 0.100. The van der Waals surface area contributed by atoms with Crippen LogP contribution in [0.5, 0.6) is 17.2 Å². The largest absolute Gasteiger partial charge is 0.507 e. The Morgan fingerprint density at radius 1 is 0.827 bits per heavy atom. The standard InChI is InChI=1S/C40H29Cl2N3O5S2/c1-24-8-5-6-9-27(24)22-49-30-18-15-25(16-19-30)36(46)34-35(26-10-7-13-32(20-26)50-31-11-3-2-4-12-31)45(38(48)37(34)47)39-43-44-40(52-39)51-23-28-14-17-29(41)21-33(28)42/h2-21,35,46H,22-23H2,1H3. The van der Waals surface area contributed by atoms with Crippen molar-refractivity contribution in [3.63, 3.8) is 0 Å². The minimum atomic E-state index is -1.03. The van der Waals surface area contributed by atoms with Crippen LogP contribution in [0.15, 0.2) is 131 Å². The highest BCUT2D eigenvalue weighted by molar-refractivity contribution is 8.00.